The fourth-order valence-corrected chi connectivity index (χ4v) is 5.87. The summed E-state index contributed by atoms with van der Waals surface area (Å²) in [4.78, 5) is 29.1. The van der Waals surface area contributed by atoms with Crippen LogP contribution in [0.5, 0.6) is 0 Å². The first-order valence-electron chi connectivity index (χ1n) is 14.1. The van der Waals surface area contributed by atoms with Crippen LogP contribution in [0.1, 0.15) is 54.5 Å². The highest BCUT2D eigenvalue weighted by molar-refractivity contribution is 7.92. The normalized spacial score (nSPS) is 12.2. The van der Waals surface area contributed by atoms with Crippen LogP contribution in [0.15, 0.2) is 72.8 Å². The number of nitrogens with one attached hydrogen (secondary N) is 1. The van der Waals surface area contributed by atoms with Crippen LogP contribution in [0.4, 0.5) is 5.69 Å². The lowest BCUT2D eigenvalue weighted by Gasteiger charge is -2.32. The van der Waals surface area contributed by atoms with Gasteiger partial charge in [-0.15, -0.1) is 0 Å². The second-order valence-electron chi connectivity index (χ2n) is 11.2. The number of benzene rings is 3. The van der Waals surface area contributed by atoms with E-state index in [1.807, 2.05) is 107 Å². The van der Waals surface area contributed by atoms with Crippen molar-refractivity contribution < 1.29 is 18.0 Å². The Morgan fingerprint density at radius 3 is 2.00 bits per heavy atom. The van der Waals surface area contributed by atoms with Crippen LogP contribution >= 0.6 is 0 Å². The van der Waals surface area contributed by atoms with E-state index in [0.717, 1.165) is 27.8 Å². The number of carbonyl (C=O) groups is 2. The van der Waals surface area contributed by atoms with E-state index in [9.17, 15) is 18.0 Å². The molecule has 0 heterocycles. The molecule has 0 aliphatic carbocycles. The predicted molar refractivity (Wildman–Crippen MR) is 166 cm³/mol. The van der Waals surface area contributed by atoms with E-state index < -0.39 is 16.1 Å². The Hall–Kier alpha value is -3.65. The van der Waals surface area contributed by atoms with E-state index >= 15 is 0 Å². The molecule has 3 rings (SSSR count). The topological polar surface area (TPSA) is 86.8 Å². The highest BCUT2D eigenvalue weighted by Gasteiger charge is 2.31. The molecule has 0 aliphatic heterocycles. The maximum absolute atomic E-state index is 13.9. The van der Waals surface area contributed by atoms with Crippen molar-refractivity contribution in [3.63, 3.8) is 0 Å². The maximum Gasteiger partial charge on any atom is 0.243 e. The Bertz CT molecular complexity index is 1400. The van der Waals surface area contributed by atoms with Gasteiger partial charge in [-0.25, -0.2) is 8.42 Å². The van der Waals surface area contributed by atoms with Crippen LogP contribution in [0, 0.1) is 20.8 Å². The van der Waals surface area contributed by atoms with Gasteiger partial charge in [0.15, 0.2) is 0 Å². The zero-order valence-corrected chi connectivity index (χ0v) is 25.9. The van der Waals surface area contributed by atoms with Gasteiger partial charge < -0.3 is 10.2 Å². The third-order valence-electron chi connectivity index (χ3n) is 6.82. The van der Waals surface area contributed by atoms with Crippen molar-refractivity contribution in [2.45, 2.75) is 72.5 Å². The van der Waals surface area contributed by atoms with Gasteiger partial charge in [0.1, 0.15) is 6.04 Å². The summed E-state index contributed by atoms with van der Waals surface area (Å²) in [6, 6.07) is 22.5. The van der Waals surface area contributed by atoms with Crippen LogP contribution in [-0.4, -0.2) is 50.0 Å². The number of amides is 2. The summed E-state index contributed by atoms with van der Waals surface area (Å²) >= 11 is 0. The molecule has 0 radical (unpaired) electrons. The molecule has 0 bridgehead atoms. The van der Waals surface area contributed by atoms with Gasteiger partial charge in [-0.05, 0) is 75.4 Å². The number of nitrogens with zero attached hydrogens (tertiary/aromatic N) is 2. The number of anilines is 1. The van der Waals surface area contributed by atoms with Gasteiger partial charge in [-0.2, -0.15) is 0 Å². The largest absolute Gasteiger partial charge is 0.352 e. The number of carbonyl (C=O) groups excluding carboxylic acids is 2. The summed E-state index contributed by atoms with van der Waals surface area (Å²) in [7, 11) is -3.56. The van der Waals surface area contributed by atoms with E-state index in [1.54, 1.807) is 4.90 Å². The van der Waals surface area contributed by atoms with Crippen molar-refractivity contribution in [1.82, 2.24) is 10.2 Å². The van der Waals surface area contributed by atoms with Crippen LogP contribution in [0.2, 0.25) is 0 Å². The maximum atomic E-state index is 13.9. The molecule has 0 unspecified atom stereocenters. The van der Waals surface area contributed by atoms with E-state index in [0.29, 0.717) is 18.5 Å². The van der Waals surface area contributed by atoms with Gasteiger partial charge in [-0.1, -0.05) is 66.2 Å². The first kappa shape index (κ1) is 31.9. The summed E-state index contributed by atoms with van der Waals surface area (Å²) in [6.45, 7) is 10.1. The van der Waals surface area contributed by atoms with Gasteiger partial charge in [0.25, 0.3) is 0 Å². The highest BCUT2D eigenvalue weighted by Crippen LogP contribution is 2.23. The molecule has 0 fully saturated rings. The Morgan fingerprint density at radius 1 is 0.829 bits per heavy atom. The van der Waals surface area contributed by atoms with Gasteiger partial charge in [0, 0.05) is 32.0 Å². The number of rotatable bonds is 13. The van der Waals surface area contributed by atoms with Crippen LogP contribution in [0.3, 0.4) is 0 Å². The molecule has 0 aliphatic rings. The number of sulfonamides is 1. The second kappa shape index (κ2) is 14.3. The lowest BCUT2D eigenvalue weighted by Crippen LogP contribution is -2.51. The monoisotopic (exact) mass is 577 g/mol. The minimum atomic E-state index is -3.56. The molecule has 220 valence electrons. The summed E-state index contributed by atoms with van der Waals surface area (Å²) in [5.41, 5.74) is 5.51. The Kier molecular flexibility index (Phi) is 11.1. The van der Waals surface area contributed by atoms with E-state index in [1.165, 1.54) is 10.6 Å². The molecule has 1 N–H and O–H groups in total. The van der Waals surface area contributed by atoms with Crippen LogP contribution in [0.25, 0.3) is 0 Å². The summed E-state index contributed by atoms with van der Waals surface area (Å²) < 4.78 is 26.8. The van der Waals surface area contributed by atoms with Crippen molar-refractivity contribution in [1.29, 1.82) is 0 Å². The zero-order valence-electron chi connectivity index (χ0n) is 25.1. The minimum absolute atomic E-state index is 0.0850. The van der Waals surface area contributed by atoms with Crippen LogP contribution < -0.4 is 9.62 Å². The molecule has 3 aromatic carbocycles. The fourth-order valence-electron chi connectivity index (χ4n) is 4.92. The minimum Gasteiger partial charge on any atom is -0.352 e. The Labute approximate surface area is 245 Å². The summed E-state index contributed by atoms with van der Waals surface area (Å²) in [5.74, 6) is -0.406. The zero-order chi connectivity index (χ0) is 30.2. The molecule has 41 heavy (non-hydrogen) atoms. The first-order valence-corrected chi connectivity index (χ1v) is 15.9. The fraction of sp³-hybridized carbons (Fsp3) is 0.394. The smallest absolute Gasteiger partial charge is 0.243 e. The highest BCUT2D eigenvalue weighted by atomic mass is 32.2. The van der Waals surface area contributed by atoms with E-state index in [-0.39, 0.29) is 37.4 Å². The predicted octanol–water partition coefficient (Wildman–Crippen LogP) is 5.32. The molecule has 2 amide bonds. The number of hydrogen-bond donors (Lipinski definition) is 1. The van der Waals surface area contributed by atoms with Crippen LogP contribution in [-0.2, 0) is 32.6 Å². The molecule has 0 aromatic heterocycles. The molecular weight excluding hydrogens is 534 g/mol. The Morgan fingerprint density at radius 2 is 1.44 bits per heavy atom. The van der Waals surface area contributed by atoms with Crippen molar-refractivity contribution in [2.75, 3.05) is 17.1 Å². The van der Waals surface area contributed by atoms with Crippen molar-refractivity contribution in [2.24, 2.45) is 0 Å². The molecule has 7 nitrogen and oxygen atoms in total. The third kappa shape index (κ3) is 9.74. The van der Waals surface area contributed by atoms with Crippen molar-refractivity contribution >= 4 is 27.5 Å². The van der Waals surface area contributed by atoms with Gasteiger partial charge >= 0.3 is 0 Å². The Balaban J connectivity index is 1.89. The van der Waals surface area contributed by atoms with E-state index in [4.69, 9.17) is 0 Å². The standard InChI is InChI=1S/C33H43N3O4S/c1-24(2)34-33(38)31(22-28-11-8-7-9-12-28)35(23-29-16-14-25(3)15-17-29)32(37)13-10-18-36(41(6,39)40)30-20-26(4)19-27(5)21-30/h7-9,11-12,14-17,19-21,24,31H,10,13,18,22-23H2,1-6H3,(H,34,38)/t31-/m1/s1. The average Bonchev–Trinajstić information content (AvgIpc) is 2.88. The van der Waals surface area contributed by atoms with Crippen molar-refractivity contribution in [3.8, 4) is 0 Å². The van der Waals surface area contributed by atoms with E-state index in [2.05, 4.69) is 5.32 Å². The SMILES string of the molecule is Cc1ccc(CN(C(=O)CCCN(c2cc(C)cc(C)c2)S(C)(=O)=O)[C@H](Cc2ccccc2)C(=O)NC(C)C)cc1. The van der Waals surface area contributed by atoms with Gasteiger partial charge in [-0.3, -0.25) is 13.9 Å². The quantitative estimate of drug-likeness (QED) is 0.298. The lowest BCUT2D eigenvalue weighted by molar-refractivity contribution is -0.141. The first-order chi connectivity index (χ1) is 19.3. The third-order valence-corrected chi connectivity index (χ3v) is 8.02. The molecule has 0 saturated heterocycles. The van der Waals surface area contributed by atoms with Crippen molar-refractivity contribution in [3.05, 3.63) is 101 Å². The molecule has 0 spiro atoms. The molecule has 1 atom stereocenters. The lowest BCUT2D eigenvalue weighted by atomic mass is 10.0. The molecular formula is C33H43N3O4S. The van der Waals surface area contributed by atoms with Gasteiger partial charge in [0.2, 0.25) is 21.8 Å². The molecule has 0 saturated carbocycles. The molecule has 3 aromatic rings. The van der Waals surface area contributed by atoms with Gasteiger partial charge in [0.05, 0.1) is 11.9 Å². The molecule has 8 heteroatoms. The average molecular weight is 578 g/mol. The summed E-state index contributed by atoms with van der Waals surface area (Å²) in [6.07, 6.45) is 1.97. The second-order valence-corrected chi connectivity index (χ2v) is 13.1. The number of hydrogen-bond acceptors (Lipinski definition) is 4. The summed E-state index contributed by atoms with van der Waals surface area (Å²) in [5, 5.41) is 3.00. The number of aryl methyl sites for hydroxylation is 3.